The molecule has 0 aliphatic heterocycles. The van der Waals surface area contributed by atoms with Crippen molar-refractivity contribution in [1.29, 1.82) is 0 Å². The first-order chi connectivity index (χ1) is 9.63. The normalized spacial score (nSPS) is 14.4. The lowest BCUT2D eigenvalue weighted by molar-refractivity contribution is 0.0407. The van der Waals surface area contributed by atoms with Crippen LogP contribution in [0.2, 0.25) is 0 Å². The molecule has 0 aliphatic rings. The van der Waals surface area contributed by atoms with Crippen molar-refractivity contribution in [1.82, 2.24) is 5.32 Å². The summed E-state index contributed by atoms with van der Waals surface area (Å²) in [7, 11) is 0. The number of nitrogens with one attached hydrogen (secondary N) is 1. The lowest BCUT2D eigenvalue weighted by Crippen LogP contribution is -2.50. The van der Waals surface area contributed by atoms with Gasteiger partial charge in [-0.25, -0.2) is 4.79 Å². The van der Waals surface area contributed by atoms with Gasteiger partial charge in [0.15, 0.2) is 0 Å². The zero-order valence-corrected chi connectivity index (χ0v) is 13.7. The van der Waals surface area contributed by atoms with Gasteiger partial charge in [0, 0.05) is 0 Å². The molecular weight excluding hydrogens is 266 g/mol. The molecule has 0 fully saturated rings. The van der Waals surface area contributed by atoms with E-state index in [1.165, 1.54) is 11.1 Å². The largest absolute Gasteiger partial charge is 0.444 e. The van der Waals surface area contributed by atoms with Gasteiger partial charge in [0.25, 0.3) is 0 Å². The van der Waals surface area contributed by atoms with Crippen molar-refractivity contribution in [3.63, 3.8) is 0 Å². The minimum absolute atomic E-state index is 0.127. The number of aliphatic hydroxyl groups is 1. The van der Waals surface area contributed by atoms with Gasteiger partial charge in [-0.2, -0.15) is 0 Å². The predicted molar refractivity (Wildman–Crippen MR) is 84.4 cm³/mol. The molecule has 0 radical (unpaired) electrons. The molecule has 0 saturated carbocycles. The summed E-state index contributed by atoms with van der Waals surface area (Å²) < 4.78 is 5.24. The molecule has 0 heterocycles. The Morgan fingerprint density at radius 1 is 1.19 bits per heavy atom. The van der Waals surface area contributed by atoms with Crippen molar-refractivity contribution in [2.24, 2.45) is 0 Å². The fourth-order valence-electron chi connectivity index (χ4n) is 1.91. The second-order valence-electron chi connectivity index (χ2n) is 6.83. The van der Waals surface area contributed by atoms with Crippen molar-refractivity contribution in [2.45, 2.75) is 58.6 Å². The first-order valence-corrected chi connectivity index (χ1v) is 7.31. The first-order valence-electron chi connectivity index (χ1n) is 7.31. The summed E-state index contributed by atoms with van der Waals surface area (Å²) in [6, 6.07) is 8.26. The van der Waals surface area contributed by atoms with Crippen molar-refractivity contribution in [2.75, 3.05) is 6.61 Å². The van der Waals surface area contributed by atoms with Gasteiger partial charge in [0.2, 0.25) is 0 Å². The van der Waals surface area contributed by atoms with Crippen LogP contribution >= 0.6 is 0 Å². The maximum atomic E-state index is 11.8. The van der Waals surface area contributed by atoms with Crippen LogP contribution in [0.4, 0.5) is 4.79 Å². The van der Waals surface area contributed by atoms with E-state index in [4.69, 9.17) is 4.74 Å². The van der Waals surface area contributed by atoms with Gasteiger partial charge in [0.05, 0.1) is 12.1 Å². The highest BCUT2D eigenvalue weighted by atomic mass is 16.6. The number of ether oxygens (including phenoxy) is 1. The Bertz CT molecular complexity index is 462. The van der Waals surface area contributed by atoms with E-state index in [1.54, 1.807) is 0 Å². The highest BCUT2D eigenvalue weighted by Crippen LogP contribution is 2.16. The van der Waals surface area contributed by atoms with Crippen LogP contribution in [-0.2, 0) is 11.2 Å². The highest BCUT2D eigenvalue weighted by molar-refractivity contribution is 5.68. The summed E-state index contributed by atoms with van der Waals surface area (Å²) in [6.07, 6.45) is 0.932. The summed E-state index contributed by atoms with van der Waals surface area (Å²) in [4.78, 5) is 11.8. The van der Waals surface area contributed by atoms with E-state index < -0.39 is 17.2 Å². The Hall–Kier alpha value is -1.55. The highest BCUT2D eigenvalue weighted by Gasteiger charge is 2.28. The molecule has 2 N–H and O–H groups in total. The van der Waals surface area contributed by atoms with E-state index in [2.05, 4.69) is 29.6 Å². The average molecular weight is 293 g/mol. The standard InChI is InChI=1S/C17H27NO3/c1-13-6-8-14(9-7-13)10-11-17(5,12-19)18-15(20)21-16(2,3)4/h6-9,19H,10-12H2,1-5H3,(H,18,20). The quantitative estimate of drug-likeness (QED) is 0.876. The lowest BCUT2D eigenvalue weighted by atomic mass is 9.94. The molecule has 0 aromatic heterocycles. The number of benzene rings is 1. The summed E-state index contributed by atoms with van der Waals surface area (Å²) >= 11 is 0. The van der Waals surface area contributed by atoms with Crippen LogP contribution in [0.1, 0.15) is 45.2 Å². The van der Waals surface area contributed by atoms with Gasteiger partial charge >= 0.3 is 6.09 Å². The number of aliphatic hydroxyl groups excluding tert-OH is 1. The third-order valence-electron chi connectivity index (χ3n) is 3.24. The molecule has 1 rings (SSSR count). The van der Waals surface area contributed by atoms with Gasteiger partial charge in [-0.3, -0.25) is 0 Å². The average Bonchev–Trinajstić information content (AvgIpc) is 2.36. The fourth-order valence-corrected chi connectivity index (χ4v) is 1.91. The minimum atomic E-state index is -0.687. The number of carbonyl (C=O) groups excluding carboxylic acids is 1. The molecular formula is C17H27NO3. The summed E-state index contributed by atoms with van der Waals surface area (Å²) in [5.74, 6) is 0. The third kappa shape index (κ3) is 6.63. The molecule has 21 heavy (non-hydrogen) atoms. The number of rotatable bonds is 5. The van der Waals surface area contributed by atoms with Gasteiger partial charge in [-0.15, -0.1) is 0 Å². The second-order valence-corrected chi connectivity index (χ2v) is 6.83. The van der Waals surface area contributed by atoms with Crippen molar-refractivity contribution in [3.05, 3.63) is 35.4 Å². The molecule has 4 nitrogen and oxygen atoms in total. The minimum Gasteiger partial charge on any atom is -0.444 e. The van der Waals surface area contributed by atoms with Crippen LogP contribution in [0, 0.1) is 6.92 Å². The van der Waals surface area contributed by atoms with Crippen molar-refractivity contribution in [3.8, 4) is 0 Å². The Balaban J connectivity index is 2.59. The molecule has 118 valence electrons. The van der Waals surface area contributed by atoms with Gasteiger partial charge < -0.3 is 15.2 Å². The number of aryl methyl sites for hydroxylation is 2. The smallest absolute Gasteiger partial charge is 0.408 e. The van der Waals surface area contributed by atoms with Gasteiger partial charge in [-0.05, 0) is 53.0 Å². The fraction of sp³-hybridized carbons (Fsp3) is 0.588. The number of carbonyl (C=O) groups is 1. The summed E-state index contributed by atoms with van der Waals surface area (Å²) in [6.45, 7) is 9.19. The van der Waals surface area contributed by atoms with E-state index in [0.717, 1.165) is 6.42 Å². The van der Waals surface area contributed by atoms with Crippen LogP contribution in [0.3, 0.4) is 0 Å². The predicted octanol–water partition coefficient (Wildman–Crippen LogP) is 3.20. The Morgan fingerprint density at radius 2 is 1.76 bits per heavy atom. The van der Waals surface area contributed by atoms with Crippen molar-refractivity contribution < 1.29 is 14.6 Å². The lowest BCUT2D eigenvalue weighted by Gasteiger charge is -2.30. The number of hydrogen-bond donors (Lipinski definition) is 2. The Labute approximate surface area is 127 Å². The van der Waals surface area contributed by atoms with Crippen LogP contribution in [0.5, 0.6) is 0 Å². The van der Waals surface area contributed by atoms with E-state index in [9.17, 15) is 9.90 Å². The molecule has 0 spiro atoms. The summed E-state index contributed by atoms with van der Waals surface area (Å²) in [5, 5.41) is 12.4. The molecule has 0 saturated heterocycles. The molecule has 1 amide bonds. The molecule has 0 bridgehead atoms. The zero-order chi connectivity index (χ0) is 16.1. The maximum Gasteiger partial charge on any atom is 0.408 e. The van der Waals surface area contributed by atoms with Crippen LogP contribution in [-0.4, -0.2) is 28.9 Å². The third-order valence-corrected chi connectivity index (χ3v) is 3.24. The molecule has 1 atom stereocenters. The molecule has 0 aliphatic carbocycles. The van der Waals surface area contributed by atoms with E-state index in [0.29, 0.717) is 6.42 Å². The Kier molecular flexibility index (Phi) is 5.78. The molecule has 1 unspecified atom stereocenters. The summed E-state index contributed by atoms with van der Waals surface area (Å²) in [5.41, 5.74) is 1.17. The van der Waals surface area contributed by atoms with E-state index in [-0.39, 0.29) is 6.61 Å². The number of amides is 1. The topological polar surface area (TPSA) is 58.6 Å². The van der Waals surface area contributed by atoms with Crippen LogP contribution in [0.25, 0.3) is 0 Å². The first kappa shape index (κ1) is 17.5. The second kappa shape index (κ2) is 6.94. The van der Waals surface area contributed by atoms with Crippen LogP contribution in [0.15, 0.2) is 24.3 Å². The van der Waals surface area contributed by atoms with E-state index >= 15 is 0 Å². The SMILES string of the molecule is Cc1ccc(CCC(C)(CO)NC(=O)OC(C)(C)C)cc1. The van der Waals surface area contributed by atoms with Crippen molar-refractivity contribution >= 4 is 6.09 Å². The number of alkyl carbamates (subject to hydrolysis) is 1. The zero-order valence-electron chi connectivity index (χ0n) is 13.7. The van der Waals surface area contributed by atoms with Gasteiger partial charge in [-0.1, -0.05) is 29.8 Å². The maximum absolute atomic E-state index is 11.8. The molecule has 4 heteroatoms. The van der Waals surface area contributed by atoms with E-state index in [1.807, 2.05) is 34.6 Å². The Morgan fingerprint density at radius 3 is 2.24 bits per heavy atom. The molecule has 1 aromatic rings. The molecule has 1 aromatic carbocycles. The number of hydrogen-bond acceptors (Lipinski definition) is 3. The monoisotopic (exact) mass is 293 g/mol. The van der Waals surface area contributed by atoms with Crippen LogP contribution < -0.4 is 5.32 Å². The van der Waals surface area contributed by atoms with Gasteiger partial charge in [0.1, 0.15) is 5.60 Å².